The fourth-order valence-corrected chi connectivity index (χ4v) is 3.53. The minimum absolute atomic E-state index is 0.126. The Morgan fingerprint density at radius 1 is 1.41 bits per heavy atom. The maximum absolute atomic E-state index is 12.1. The monoisotopic (exact) mass is 400 g/mol. The zero-order chi connectivity index (χ0) is 19.8. The maximum Gasteiger partial charge on any atom is 0.407 e. The van der Waals surface area contributed by atoms with Crippen LogP contribution >= 0.6 is 11.3 Å². The number of aliphatic carboxylic acids is 1. The summed E-state index contributed by atoms with van der Waals surface area (Å²) in [6, 6.07) is -1.36. The number of amides is 2. The second-order valence-electron chi connectivity index (χ2n) is 6.09. The molecule has 1 aromatic rings. The van der Waals surface area contributed by atoms with Crippen molar-refractivity contribution in [3.05, 3.63) is 11.1 Å². The van der Waals surface area contributed by atoms with Gasteiger partial charge in [0.2, 0.25) is 0 Å². The number of anilines is 1. The van der Waals surface area contributed by atoms with Crippen molar-refractivity contribution < 1.29 is 29.3 Å². The lowest BCUT2D eigenvalue weighted by atomic mass is 9.97. The van der Waals surface area contributed by atoms with Crippen LogP contribution in [0.5, 0.6) is 0 Å². The highest BCUT2D eigenvalue weighted by molar-refractivity contribution is 7.13. The number of aromatic nitrogens is 1. The molecule has 10 nitrogen and oxygen atoms in total. The molecule has 1 aromatic heterocycles. The van der Waals surface area contributed by atoms with Crippen LogP contribution in [0.3, 0.4) is 0 Å². The van der Waals surface area contributed by atoms with E-state index in [0.717, 1.165) is 25.9 Å². The van der Waals surface area contributed by atoms with Gasteiger partial charge in [0.25, 0.3) is 5.91 Å². The normalized spacial score (nSPS) is 15.9. The molecule has 2 amide bonds. The fourth-order valence-electron chi connectivity index (χ4n) is 2.67. The smallest absolute Gasteiger partial charge is 0.407 e. The third-order valence-corrected chi connectivity index (χ3v) is 5.11. The number of carbonyl (C=O) groups excluding carboxylic acids is 2. The van der Waals surface area contributed by atoms with E-state index in [-0.39, 0.29) is 5.69 Å². The third-order valence-electron chi connectivity index (χ3n) is 4.21. The molecule has 27 heavy (non-hydrogen) atoms. The van der Waals surface area contributed by atoms with Crippen LogP contribution in [0.1, 0.15) is 30.3 Å². The third kappa shape index (κ3) is 6.07. The molecule has 1 aliphatic heterocycles. The lowest BCUT2D eigenvalue weighted by molar-refractivity contribution is -0.140. The lowest BCUT2D eigenvalue weighted by Crippen LogP contribution is -2.43. The summed E-state index contributed by atoms with van der Waals surface area (Å²) in [5, 5.41) is 25.1. The van der Waals surface area contributed by atoms with E-state index in [9.17, 15) is 14.4 Å². The van der Waals surface area contributed by atoms with Crippen molar-refractivity contribution in [3.63, 3.8) is 0 Å². The van der Waals surface area contributed by atoms with Gasteiger partial charge in [-0.15, -0.1) is 11.3 Å². The topological polar surface area (TPSA) is 141 Å². The van der Waals surface area contributed by atoms with Crippen LogP contribution in [0.4, 0.5) is 9.93 Å². The minimum atomic E-state index is -1.36. The number of ether oxygens (including phenoxy) is 1. The average molecular weight is 400 g/mol. The Morgan fingerprint density at radius 2 is 2.11 bits per heavy atom. The molecule has 0 radical (unpaired) electrons. The lowest BCUT2D eigenvalue weighted by Gasteiger charge is -2.31. The van der Waals surface area contributed by atoms with Gasteiger partial charge in [-0.2, -0.15) is 0 Å². The quantitative estimate of drug-likeness (QED) is 0.488. The van der Waals surface area contributed by atoms with E-state index in [0.29, 0.717) is 24.2 Å². The summed E-state index contributed by atoms with van der Waals surface area (Å²) in [4.78, 5) is 40.6. The Labute approximate surface area is 160 Å². The van der Waals surface area contributed by atoms with Gasteiger partial charge >= 0.3 is 12.1 Å². The van der Waals surface area contributed by atoms with Crippen LogP contribution in [0.25, 0.3) is 0 Å². The molecule has 2 heterocycles. The van der Waals surface area contributed by atoms with E-state index in [2.05, 4.69) is 20.5 Å². The van der Waals surface area contributed by atoms with Crippen LogP contribution in [-0.4, -0.2) is 72.1 Å². The predicted octanol–water partition coefficient (Wildman–Crippen LogP) is 0.281. The van der Waals surface area contributed by atoms with Crippen molar-refractivity contribution in [2.45, 2.75) is 25.8 Å². The van der Waals surface area contributed by atoms with Gasteiger partial charge in [-0.1, -0.05) is 0 Å². The van der Waals surface area contributed by atoms with Gasteiger partial charge in [0.05, 0.1) is 13.2 Å². The molecular formula is C16H24N4O6S. The first-order valence-corrected chi connectivity index (χ1v) is 9.58. The number of nitrogens with zero attached hydrogens (tertiary/aromatic N) is 2. The number of piperidine rings is 1. The van der Waals surface area contributed by atoms with Crippen molar-refractivity contribution in [1.29, 1.82) is 0 Å². The van der Waals surface area contributed by atoms with E-state index in [1.54, 1.807) is 12.3 Å². The average Bonchev–Trinajstić information content (AvgIpc) is 3.15. The zero-order valence-corrected chi connectivity index (χ0v) is 15.8. The standard InChI is InChI=1S/C16H24N4O6S/c1-2-26-16(25)17-7-10-3-5-20(6-4-10)15-19-12(9-27-15)13(22)18-11(8-21)14(23)24/h9-11,21H,2-8H2,1H3,(H,17,25)(H,18,22)(H,23,24)/t11-/m0/s1. The molecule has 0 saturated carbocycles. The van der Waals surface area contributed by atoms with Crippen LogP contribution in [0.2, 0.25) is 0 Å². The number of carbonyl (C=O) groups is 3. The fraction of sp³-hybridized carbons (Fsp3) is 0.625. The number of hydrogen-bond acceptors (Lipinski definition) is 8. The molecule has 0 spiro atoms. The predicted molar refractivity (Wildman–Crippen MR) is 98.1 cm³/mol. The second-order valence-corrected chi connectivity index (χ2v) is 6.93. The molecule has 11 heteroatoms. The Kier molecular flexibility index (Phi) is 7.80. The highest BCUT2D eigenvalue weighted by Crippen LogP contribution is 2.26. The minimum Gasteiger partial charge on any atom is -0.480 e. The number of aliphatic hydroxyl groups is 1. The van der Waals surface area contributed by atoms with Crippen molar-refractivity contribution in [1.82, 2.24) is 15.6 Å². The molecule has 1 atom stereocenters. The molecule has 0 aliphatic carbocycles. The largest absolute Gasteiger partial charge is 0.480 e. The van der Waals surface area contributed by atoms with Gasteiger partial charge in [-0.3, -0.25) is 4.79 Å². The Morgan fingerprint density at radius 3 is 2.70 bits per heavy atom. The van der Waals surface area contributed by atoms with E-state index in [4.69, 9.17) is 14.9 Å². The van der Waals surface area contributed by atoms with Gasteiger partial charge in [0.1, 0.15) is 5.69 Å². The van der Waals surface area contributed by atoms with Gasteiger partial charge in [-0.25, -0.2) is 14.6 Å². The molecule has 0 unspecified atom stereocenters. The van der Waals surface area contributed by atoms with Crippen LogP contribution in [0, 0.1) is 5.92 Å². The Balaban J connectivity index is 1.82. The van der Waals surface area contributed by atoms with Crippen LogP contribution in [-0.2, 0) is 9.53 Å². The second kappa shape index (κ2) is 10.1. The van der Waals surface area contributed by atoms with Crippen molar-refractivity contribution >= 4 is 34.4 Å². The Hall–Kier alpha value is -2.40. The summed E-state index contributed by atoms with van der Waals surface area (Å²) in [6.07, 6.45) is 1.34. The number of thiazole rings is 1. The number of nitrogens with one attached hydrogen (secondary N) is 2. The van der Waals surface area contributed by atoms with E-state index < -0.39 is 30.6 Å². The van der Waals surface area contributed by atoms with E-state index >= 15 is 0 Å². The Bertz CT molecular complexity index is 659. The summed E-state index contributed by atoms with van der Waals surface area (Å²) < 4.78 is 4.84. The molecule has 4 N–H and O–H groups in total. The molecule has 2 rings (SSSR count). The molecule has 1 fully saturated rings. The first kappa shape index (κ1) is 20.9. The molecule has 1 aliphatic rings. The summed E-state index contributed by atoms with van der Waals surface area (Å²) in [7, 11) is 0. The first-order chi connectivity index (χ1) is 12.9. The SMILES string of the molecule is CCOC(=O)NCC1CCN(c2nc(C(=O)N[C@@H](CO)C(=O)O)cs2)CC1. The molecule has 150 valence electrons. The van der Waals surface area contributed by atoms with Gasteiger partial charge < -0.3 is 30.5 Å². The number of alkyl carbamates (subject to hydrolysis) is 1. The van der Waals surface area contributed by atoms with Gasteiger partial charge in [0.15, 0.2) is 11.2 Å². The van der Waals surface area contributed by atoms with E-state index in [1.165, 1.54) is 11.3 Å². The first-order valence-electron chi connectivity index (χ1n) is 8.70. The molecular weight excluding hydrogens is 376 g/mol. The number of carboxylic acid groups (broad SMARTS) is 1. The van der Waals surface area contributed by atoms with Crippen LogP contribution < -0.4 is 15.5 Å². The van der Waals surface area contributed by atoms with Crippen molar-refractivity contribution in [2.75, 3.05) is 37.7 Å². The summed E-state index contributed by atoms with van der Waals surface area (Å²) in [6.45, 7) is 3.47. The number of hydrogen-bond donors (Lipinski definition) is 4. The van der Waals surface area contributed by atoms with Gasteiger partial charge in [-0.05, 0) is 25.7 Å². The zero-order valence-electron chi connectivity index (χ0n) is 15.0. The number of rotatable bonds is 8. The van der Waals surface area contributed by atoms with Gasteiger partial charge in [0, 0.05) is 25.0 Å². The number of aliphatic hydroxyl groups excluding tert-OH is 1. The molecule has 1 saturated heterocycles. The molecule has 0 bridgehead atoms. The van der Waals surface area contributed by atoms with E-state index in [1.807, 2.05) is 0 Å². The van der Waals surface area contributed by atoms with Crippen molar-refractivity contribution in [3.8, 4) is 0 Å². The number of carboxylic acids is 1. The summed E-state index contributed by atoms with van der Waals surface area (Å²) in [5.41, 5.74) is 0.126. The summed E-state index contributed by atoms with van der Waals surface area (Å²) in [5.74, 6) is -1.58. The maximum atomic E-state index is 12.1. The summed E-state index contributed by atoms with van der Waals surface area (Å²) >= 11 is 1.31. The molecule has 0 aromatic carbocycles. The highest BCUT2D eigenvalue weighted by atomic mass is 32.1. The van der Waals surface area contributed by atoms with Crippen LogP contribution in [0.15, 0.2) is 5.38 Å². The highest BCUT2D eigenvalue weighted by Gasteiger charge is 2.24. The van der Waals surface area contributed by atoms with Crippen molar-refractivity contribution in [2.24, 2.45) is 5.92 Å².